The first-order valence-corrected chi connectivity index (χ1v) is 9.78. The lowest BCUT2D eigenvalue weighted by molar-refractivity contribution is 0.141. The summed E-state index contributed by atoms with van der Waals surface area (Å²) in [6.45, 7) is 1.58. The third-order valence-corrected chi connectivity index (χ3v) is 4.52. The van der Waals surface area contributed by atoms with Gasteiger partial charge in [-0.05, 0) is 36.4 Å². The van der Waals surface area contributed by atoms with Crippen LogP contribution in [0, 0.1) is 10.8 Å². The molecule has 0 fully saturated rings. The van der Waals surface area contributed by atoms with Crippen LogP contribution in [0.1, 0.15) is 11.1 Å². The first-order valence-electron chi connectivity index (χ1n) is 9.78. The number of nitrogens with zero attached hydrogens (tertiary/aromatic N) is 2. The molecule has 0 aliphatic rings. The summed E-state index contributed by atoms with van der Waals surface area (Å²) in [7, 11) is 3.19. The van der Waals surface area contributed by atoms with Crippen LogP contribution in [0.5, 0.6) is 0 Å². The second-order valence-electron chi connectivity index (χ2n) is 6.63. The standard InChI is InChI=1S/C23H26N4O4/c1-28-11-13-30-22(24)18-5-3-17(4-6-18)21-15-27(16-26-21)20-9-7-19(8-10-20)23(25)31-14-12-29-2/h3-10,15-16,24-25H,11-14H2,1-2H3. The normalized spacial score (nSPS) is 10.6. The number of rotatable bonds is 10. The Hall–Kier alpha value is -3.49. The lowest BCUT2D eigenvalue weighted by Gasteiger charge is -2.08. The second kappa shape index (κ2) is 11.1. The van der Waals surface area contributed by atoms with Gasteiger partial charge in [0, 0.05) is 42.8 Å². The van der Waals surface area contributed by atoms with E-state index < -0.39 is 0 Å². The molecule has 1 aromatic heterocycles. The minimum Gasteiger partial charge on any atom is -0.475 e. The van der Waals surface area contributed by atoms with Gasteiger partial charge in [-0.1, -0.05) is 12.1 Å². The van der Waals surface area contributed by atoms with Crippen molar-refractivity contribution in [2.75, 3.05) is 40.6 Å². The van der Waals surface area contributed by atoms with Gasteiger partial charge in [0.1, 0.15) is 13.2 Å². The average molecular weight is 422 g/mol. The molecule has 0 unspecified atom stereocenters. The molecule has 0 bridgehead atoms. The first kappa shape index (κ1) is 22.2. The van der Waals surface area contributed by atoms with Gasteiger partial charge < -0.3 is 23.5 Å². The molecule has 31 heavy (non-hydrogen) atoms. The third kappa shape index (κ3) is 6.00. The van der Waals surface area contributed by atoms with Gasteiger partial charge in [0.05, 0.1) is 25.2 Å². The summed E-state index contributed by atoms with van der Waals surface area (Å²) in [6, 6.07) is 15.0. The molecule has 2 N–H and O–H groups in total. The fourth-order valence-corrected chi connectivity index (χ4v) is 2.81. The molecular weight excluding hydrogens is 396 g/mol. The van der Waals surface area contributed by atoms with E-state index >= 15 is 0 Å². The highest BCUT2D eigenvalue weighted by atomic mass is 16.5. The second-order valence-corrected chi connectivity index (χ2v) is 6.63. The van der Waals surface area contributed by atoms with Crippen LogP contribution in [-0.2, 0) is 18.9 Å². The zero-order chi connectivity index (χ0) is 22.1. The molecule has 3 rings (SSSR count). The lowest BCUT2D eigenvalue weighted by Crippen LogP contribution is -2.10. The van der Waals surface area contributed by atoms with E-state index in [0.717, 1.165) is 16.9 Å². The highest BCUT2D eigenvalue weighted by Crippen LogP contribution is 2.20. The Kier molecular flexibility index (Phi) is 7.91. The molecule has 162 valence electrons. The minimum absolute atomic E-state index is 0.117. The lowest BCUT2D eigenvalue weighted by atomic mass is 10.1. The zero-order valence-corrected chi connectivity index (χ0v) is 17.6. The predicted octanol–water partition coefficient (Wildman–Crippen LogP) is 3.52. The molecule has 0 saturated heterocycles. The predicted molar refractivity (Wildman–Crippen MR) is 118 cm³/mol. The molecule has 0 aliphatic carbocycles. The molecule has 8 heteroatoms. The largest absolute Gasteiger partial charge is 0.475 e. The van der Waals surface area contributed by atoms with Crippen molar-refractivity contribution in [2.45, 2.75) is 0 Å². The molecule has 0 saturated carbocycles. The van der Waals surface area contributed by atoms with E-state index in [1.54, 1.807) is 20.5 Å². The number of nitrogens with one attached hydrogen (secondary N) is 2. The maximum absolute atomic E-state index is 7.97. The van der Waals surface area contributed by atoms with Crippen molar-refractivity contribution < 1.29 is 18.9 Å². The molecule has 0 atom stereocenters. The van der Waals surface area contributed by atoms with Crippen molar-refractivity contribution in [1.29, 1.82) is 10.8 Å². The van der Waals surface area contributed by atoms with Gasteiger partial charge in [0.25, 0.3) is 0 Å². The fraction of sp³-hybridized carbons (Fsp3) is 0.261. The fourth-order valence-electron chi connectivity index (χ4n) is 2.81. The maximum Gasteiger partial charge on any atom is 0.213 e. The number of imidazole rings is 1. The Balaban J connectivity index is 1.64. The van der Waals surface area contributed by atoms with Gasteiger partial charge >= 0.3 is 0 Å². The molecule has 0 spiro atoms. The Morgan fingerprint density at radius 1 is 0.774 bits per heavy atom. The van der Waals surface area contributed by atoms with Crippen LogP contribution < -0.4 is 0 Å². The van der Waals surface area contributed by atoms with E-state index in [0.29, 0.717) is 37.6 Å². The smallest absolute Gasteiger partial charge is 0.213 e. The molecule has 2 aromatic carbocycles. The van der Waals surface area contributed by atoms with Crippen molar-refractivity contribution >= 4 is 11.8 Å². The highest BCUT2D eigenvalue weighted by Gasteiger charge is 2.08. The van der Waals surface area contributed by atoms with E-state index in [4.69, 9.17) is 29.8 Å². The van der Waals surface area contributed by atoms with E-state index in [1.807, 2.05) is 59.3 Å². The average Bonchev–Trinajstić information content (AvgIpc) is 3.30. The Bertz CT molecular complexity index is 917. The molecule has 1 heterocycles. The SMILES string of the molecule is COCCOC(=N)c1ccc(-c2cn(-c3ccc(C(=N)OCCOC)cc3)cn2)cc1. The topological polar surface area (TPSA) is 102 Å². The summed E-state index contributed by atoms with van der Waals surface area (Å²) < 4.78 is 22.4. The van der Waals surface area contributed by atoms with Crippen molar-refractivity contribution in [3.63, 3.8) is 0 Å². The van der Waals surface area contributed by atoms with Crippen molar-refractivity contribution in [1.82, 2.24) is 9.55 Å². The number of aromatic nitrogens is 2. The zero-order valence-electron chi connectivity index (χ0n) is 17.6. The van der Waals surface area contributed by atoms with E-state index in [1.165, 1.54) is 0 Å². The number of hydrogen-bond acceptors (Lipinski definition) is 7. The quantitative estimate of drug-likeness (QED) is 0.296. The van der Waals surface area contributed by atoms with Crippen molar-refractivity contribution in [2.24, 2.45) is 0 Å². The van der Waals surface area contributed by atoms with Gasteiger partial charge in [-0.3, -0.25) is 10.8 Å². The van der Waals surface area contributed by atoms with Crippen LogP contribution in [0.4, 0.5) is 0 Å². The molecule has 0 amide bonds. The Morgan fingerprint density at radius 3 is 1.81 bits per heavy atom. The van der Waals surface area contributed by atoms with E-state index in [9.17, 15) is 0 Å². The van der Waals surface area contributed by atoms with Crippen LogP contribution in [0.25, 0.3) is 16.9 Å². The van der Waals surface area contributed by atoms with E-state index in [-0.39, 0.29) is 11.8 Å². The Morgan fingerprint density at radius 2 is 1.29 bits per heavy atom. The summed E-state index contributed by atoms with van der Waals surface area (Å²) >= 11 is 0. The van der Waals surface area contributed by atoms with Crippen LogP contribution in [0.3, 0.4) is 0 Å². The third-order valence-electron chi connectivity index (χ3n) is 4.52. The minimum atomic E-state index is 0.117. The summed E-state index contributed by atoms with van der Waals surface area (Å²) in [5.74, 6) is 0.234. The Labute approximate surface area is 181 Å². The van der Waals surface area contributed by atoms with Crippen LogP contribution in [0.2, 0.25) is 0 Å². The summed E-state index contributed by atoms with van der Waals surface area (Å²) in [4.78, 5) is 4.49. The van der Waals surface area contributed by atoms with Crippen LogP contribution >= 0.6 is 0 Å². The van der Waals surface area contributed by atoms with Crippen molar-refractivity contribution in [3.05, 3.63) is 72.2 Å². The first-order chi connectivity index (χ1) is 15.1. The van der Waals surface area contributed by atoms with E-state index in [2.05, 4.69) is 4.98 Å². The van der Waals surface area contributed by atoms with Crippen LogP contribution in [-0.4, -0.2) is 62.0 Å². The molecule has 8 nitrogen and oxygen atoms in total. The number of ether oxygens (including phenoxy) is 4. The highest BCUT2D eigenvalue weighted by molar-refractivity contribution is 5.92. The number of hydrogen-bond donors (Lipinski definition) is 2. The molecule has 0 radical (unpaired) electrons. The maximum atomic E-state index is 7.97. The number of methoxy groups -OCH3 is 2. The summed E-state index contributed by atoms with van der Waals surface area (Å²) in [5, 5.41) is 15.9. The molecule has 0 aliphatic heterocycles. The van der Waals surface area contributed by atoms with Gasteiger partial charge in [-0.2, -0.15) is 0 Å². The molecule has 3 aromatic rings. The molecular formula is C23H26N4O4. The summed E-state index contributed by atoms with van der Waals surface area (Å²) in [6.07, 6.45) is 3.68. The van der Waals surface area contributed by atoms with Gasteiger partial charge in [0.15, 0.2) is 0 Å². The summed E-state index contributed by atoms with van der Waals surface area (Å²) in [5.41, 5.74) is 4.09. The van der Waals surface area contributed by atoms with Crippen molar-refractivity contribution in [3.8, 4) is 16.9 Å². The van der Waals surface area contributed by atoms with Gasteiger partial charge in [-0.25, -0.2) is 4.98 Å². The van der Waals surface area contributed by atoms with Gasteiger partial charge in [0.2, 0.25) is 11.8 Å². The number of benzene rings is 2. The monoisotopic (exact) mass is 422 g/mol. The van der Waals surface area contributed by atoms with Crippen LogP contribution in [0.15, 0.2) is 61.1 Å². The van der Waals surface area contributed by atoms with Gasteiger partial charge in [-0.15, -0.1) is 0 Å².